The van der Waals surface area contributed by atoms with Crippen LogP contribution in [0.2, 0.25) is 0 Å². The van der Waals surface area contributed by atoms with Crippen molar-refractivity contribution in [1.29, 1.82) is 0 Å². The van der Waals surface area contributed by atoms with E-state index < -0.39 is 12.3 Å². The molecule has 0 aliphatic heterocycles. The summed E-state index contributed by atoms with van der Waals surface area (Å²) >= 11 is -3.11. The molecule has 0 bridgehead atoms. The third-order valence-corrected chi connectivity index (χ3v) is 3.58. The van der Waals surface area contributed by atoms with Crippen LogP contribution >= 0.6 is 53.1 Å². The van der Waals surface area contributed by atoms with Gasteiger partial charge in [-0.2, -0.15) is 0 Å². The van der Waals surface area contributed by atoms with Crippen LogP contribution in [0.5, 0.6) is 0 Å². The van der Waals surface area contributed by atoms with Crippen molar-refractivity contribution < 1.29 is 12.3 Å². The fourth-order valence-corrected chi connectivity index (χ4v) is 3.60. The van der Waals surface area contributed by atoms with E-state index >= 15 is 0 Å². The third kappa shape index (κ3) is 39.9. The summed E-state index contributed by atoms with van der Waals surface area (Å²) in [4.78, 5) is 0. The first-order valence-electron chi connectivity index (χ1n) is 3.68. The normalized spacial score (nSPS) is 11.5. The molecule has 82 valence electrons. The zero-order valence-corrected chi connectivity index (χ0v) is 14.7. The van der Waals surface area contributed by atoms with Gasteiger partial charge in [-0.3, -0.25) is 0 Å². The van der Waals surface area contributed by atoms with E-state index in [0.717, 1.165) is 0 Å². The summed E-state index contributed by atoms with van der Waals surface area (Å²) in [5.41, 5.74) is 0. The van der Waals surface area contributed by atoms with Gasteiger partial charge in [-0.25, -0.2) is 0 Å². The summed E-state index contributed by atoms with van der Waals surface area (Å²) in [6.07, 6.45) is 2.96. The average Bonchev–Trinajstić information content (AvgIpc) is 1.79. The van der Waals surface area contributed by atoms with Gasteiger partial charge in [-0.05, 0) is 39.0 Å². The van der Waals surface area contributed by atoms with Crippen LogP contribution in [-0.4, -0.2) is 39.0 Å². The van der Waals surface area contributed by atoms with Crippen LogP contribution in [0, 0.1) is 0 Å². The molecule has 0 nitrogen and oxygen atoms in total. The second kappa shape index (κ2) is 9.92. The molecule has 0 amide bonds. The van der Waals surface area contributed by atoms with E-state index in [2.05, 4.69) is 26.7 Å². The minimum absolute atomic E-state index is 0.383. The van der Waals surface area contributed by atoms with Crippen molar-refractivity contribution in [3.05, 3.63) is 0 Å². The summed E-state index contributed by atoms with van der Waals surface area (Å²) in [6, 6.07) is 0. The van der Waals surface area contributed by atoms with Crippen molar-refractivity contribution >= 4 is 53.1 Å². The van der Waals surface area contributed by atoms with Crippen LogP contribution in [0.15, 0.2) is 0 Å². The topological polar surface area (TPSA) is 0 Å². The van der Waals surface area contributed by atoms with E-state index in [4.69, 9.17) is 37.2 Å². The molecule has 7 heteroatoms. The Labute approximate surface area is 103 Å². The molecule has 13 heavy (non-hydrogen) atoms. The van der Waals surface area contributed by atoms with Crippen LogP contribution in [-0.2, 0) is 12.3 Å². The molecule has 0 saturated carbocycles. The van der Waals surface area contributed by atoms with Crippen molar-refractivity contribution in [3.63, 3.8) is 0 Å². The number of hydrogen-bond donors (Lipinski definition) is 0. The van der Waals surface area contributed by atoms with Gasteiger partial charge in [0.05, 0.1) is 0 Å². The van der Waals surface area contributed by atoms with Crippen LogP contribution in [0.4, 0.5) is 0 Å². The van der Waals surface area contributed by atoms with Crippen LogP contribution in [0.1, 0.15) is 0 Å². The summed E-state index contributed by atoms with van der Waals surface area (Å²) in [5, 5.41) is 0. The summed E-state index contributed by atoms with van der Waals surface area (Å²) in [7, 11) is 20.8. The molecular weight excluding hydrogens is 324 g/mol. The van der Waals surface area contributed by atoms with Crippen molar-refractivity contribution in [2.75, 3.05) is 39.0 Å². The van der Waals surface area contributed by atoms with E-state index in [-0.39, 0.29) is 0 Å². The Bertz CT molecular complexity index is 102. The molecule has 0 rings (SSSR count). The van der Waals surface area contributed by atoms with Crippen molar-refractivity contribution in [2.24, 2.45) is 0 Å². The first-order chi connectivity index (χ1) is 5.63. The van der Waals surface area contributed by atoms with Crippen LogP contribution in [0.25, 0.3) is 0 Å². The van der Waals surface area contributed by atoms with E-state index in [1.54, 1.807) is 0 Å². The molecule has 0 atom stereocenters. The Morgan fingerprint density at radius 2 is 0.923 bits per heavy atom. The van der Waals surface area contributed by atoms with Crippen molar-refractivity contribution in [1.82, 2.24) is 0 Å². The molecule has 0 aromatic heterocycles. The number of hydrogen-bond acceptors (Lipinski definition) is 0. The van der Waals surface area contributed by atoms with Gasteiger partial charge >= 0.3 is 49.6 Å². The van der Waals surface area contributed by atoms with Gasteiger partial charge in [0, 0.05) is 0 Å². The van der Waals surface area contributed by atoms with Gasteiger partial charge in [0.25, 0.3) is 0 Å². The van der Waals surface area contributed by atoms with E-state index in [0.29, 0.717) is 15.8 Å². The maximum absolute atomic E-state index is 5.01. The van der Waals surface area contributed by atoms with Gasteiger partial charge in [0.2, 0.25) is 0 Å². The van der Waals surface area contributed by atoms with Gasteiger partial charge in [0.1, 0.15) is 0 Å². The number of rotatable bonds is 3. The Kier molecular flexibility index (Phi) is 13.8. The molecule has 0 aliphatic rings. The van der Waals surface area contributed by atoms with Gasteiger partial charge in [-0.15, -0.1) is 15.8 Å². The molecule has 0 spiro atoms. The molecule has 0 radical (unpaired) electrons. The monoisotopic (exact) mass is 338 g/mol. The molecule has 0 heterocycles. The molecule has 0 aromatic carbocycles. The fourth-order valence-electron chi connectivity index (χ4n) is 0.400. The zero-order chi connectivity index (χ0) is 11.1. The van der Waals surface area contributed by atoms with Crippen LogP contribution in [0.3, 0.4) is 0 Å². The minimum atomic E-state index is -3.11. The molecule has 0 fully saturated rings. The van der Waals surface area contributed by atoms with Crippen molar-refractivity contribution in [3.8, 4) is 0 Å². The number of halogens is 4. The molecule has 0 N–H and O–H groups in total. The SMILES string of the molecule is CP(C)CCP(C)C.[Cl][Ti]([Cl])([Cl])[Cl]. The maximum atomic E-state index is 5.01. The second-order valence-corrected chi connectivity index (χ2v) is 23.7. The summed E-state index contributed by atoms with van der Waals surface area (Å²) in [6.45, 7) is 9.42. The average molecular weight is 340 g/mol. The van der Waals surface area contributed by atoms with Crippen LogP contribution < -0.4 is 0 Å². The molecule has 0 aromatic rings. The fraction of sp³-hybridized carbons (Fsp3) is 1.00. The summed E-state index contributed by atoms with van der Waals surface area (Å²) in [5.74, 6) is 0. The van der Waals surface area contributed by atoms with E-state index in [9.17, 15) is 0 Å². The van der Waals surface area contributed by atoms with Crippen molar-refractivity contribution in [2.45, 2.75) is 0 Å². The first-order valence-corrected chi connectivity index (χ1v) is 17.1. The molecule has 0 saturated heterocycles. The summed E-state index contributed by atoms with van der Waals surface area (Å²) < 4.78 is 0. The first kappa shape index (κ1) is 18.1. The quantitative estimate of drug-likeness (QED) is 0.488. The second-order valence-electron chi connectivity index (χ2n) is 3.04. The molecule has 0 unspecified atom stereocenters. The third-order valence-electron chi connectivity index (χ3n) is 0.994. The standard InChI is InChI=1S/C6H16P2.4ClH.Ti/c1-7(2)5-6-8(3)4;;;;;/h5-6H2,1-4H3;4*1H;/q;;;;;+4/p-4. The van der Waals surface area contributed by atoms with E-state index in [1.165, 1.54) is 12.3 Å². The Hall–Kier alpha value is 2.73. The van der Waals surface area contributed by atoms with Gasteiger partial charge in [-0.1, -0.05) is 0 Å². The Morgan fingerprint density at radius 1 is 0.769 bits per heavy atom. The zero-order valence-electron chi connectivity index (χ0n) is 8.32. The van der Waals surface area contributed by atoms with Gasteiger partial charge in [0.15, 0.2) is 0 Å². The van der Waals surface area contributed by atoms with E-state index in [1.807, 2.05) is 0 Å². The molecule has 0 aliphatic carbocycles. The predicted octanol–water partition coefficient (Wildman–Crippen LogP) is 5.22. The van der Waals surface area contributed by atoms with Gasteiger partial charge < -0.3 is 0 Å². The Morgan fingerprint density at radius 3 is 1.00 bits per heavy atom. The predicted molar refractivity (Wildman–Crippen MR) is 70.7 cm³/mol. The molecular formula is C6H16Cl4P2Ti. The Balaban J connectivity index is 0.